The van der Waals surface area contributed by atoms with Gasteiger partial charge in [0.25, 0.3) is 0 Å². The van der Waals surface area contributed by atoms with Crippen LogP contribution in [0.2, 0.25) is 0 Å². The van der Waals surface area contributed by atoms with E-state index in [1.807, 2.05) is 0 Å². The molecule has 0 aliphatic rings. The molecule has 0 aliphatic carbocycles. The number of hydrogen-bond donors (Lipinski definition) is 4. The van der Waals surface area contributed by atoms with E-state index in [2.05, 4.69) is 10.6 Å². The van der Waals surface area contributed by atoms with Gasteiger partial charge in [0.1, 0.15) is 6.54 Å². The van der Waals surface area contributed by atoms with Gasteiger partial charge in [-0.1, -0.05) is 12.1 Å². The highest BCUT2D eigenvalue weighted by atomic mass is 16.4. The van der Waals surface area contributed by atoms with Crippen molar-refractivity contribution in [3.8, 4) is 0 Å². The maximum absolute atomic E-state index is 12.2. The highest BCUT2D eigenvalue weighted by Gasteiger charge is 2.29. The van der Waals surface area contributed by atoms with Crippen molar-refractivity contribution in [1.82, 2.24) is 10.6 Å². The molecular weight excluding hydrogens is 274 g/mol. The standard InChI is InChI=1S/C14H19N3O4/c1-14(2,9-3-5-10(15)6-4-9)13(21)17-7-11(18)16-8-12(19)20/h3-6H,7-8,15H2,1-2H3,(H,16,18)(H,17,21)(H,19,20). The monoisotopic (exact) mass is 293 g/mol. The van der Waals surface area contributed by atoms with Crippen molar-refractivity contribution in [3.05, 3.63) is 29.8 Å². The van der Waals surface area contributed by atoms with E-state index in [0.717, 1.165) is 5.56 Å². The molecule has 114 valence electrons. The van der Waals surface area contributed by atoms with Gasteiger partial charge in [-0.15, -0.1) is 0 Å². The summed E-state index contributed by atoms with van der Waals surface area (Å²) in [5, 5.41) is 13.1. The van der Waals surface area contributed by atoms with E-state index >= 15 is 0 Å². The number of carbonyl (C=O) groups excluding carboxylic acids is 2. The molecule has 0 bridgehead atoms. The Bertz CT molecular complexity index is 538. The van der Waals surface area contributed by atoms with E-state index in [1.165, 1.54) is 0 Å². The smallest absolute Gasteiger partial charge is 0.322 e. The van der Waals surface area contributed by atoms with Crippen LogP contribution in [-0.2, 0) is 19.8 Å². The lowest BCUT2D eigenvalue weighted by Crippen LogP contribution is -2.45. The van der Waals surface area contributed by atoms with Crippen LogP contribution in [-0.4, -0.2) is 36.0 Å². The summed E-state index contributed by atoms with van der Waals surface area (Å²) in [6.07, 6.45) is 0. The molecule has 0 spiro atoms. The lowest BCUT2D eigenvalue weighted by molar-refractivity contribution is -0.137. The summed E-state index contributed by atoms with van der Waals surface area (Å²) >= 11 is 0. The first-order chi connectivity index (χ1) is 9.73. The number of anilines is 1. The molecule has 0 aliphatic heterocycles. The second kappa shape index (κ2) is 6.74. The lowest BCUT2D eigenvalue weighted by Gasteiger charge is -2.24. The van der Waals surface area contributed by atoms with Gasteiger partial charge in [0.2, 0.25) is 11.8 Å². The number of aliphatic carboxylic acids is 1. The van der Waals surface area contributed by atoms with Gasteiger partial charge < -0.3 is 21.5 Å². The molecule has 1 aromatic rings. The fourth-order valence-corrected chi connectivity index (χ4v) is 1.65. The third-order valence-electron chi connectivity index (χ3n) is 3.05. The normalized spacial score (nSPS) is 10.8. The largest absolute Gasteiger partial charge is 0.480 e. The van der Waals surface area contributed by atoms with Crippen molar-refractivity contribution in [2.75, 3.05) is 18.8 Å². The van der Waals surface area contributed by atoms with Gasteiger partial charge in [-0.25, -0.2) is 0 Å². The number of hydrogen-bond acceptors (Lipinski definition) is 4. The molecule has 1 aromatic carbocycles. The number of carboxylic acids is 1. The number of nitrogens with two attached hydrogens (primary N) is 1. The van der Waals surface area contributed by atoms with Gasteiger partial charge in [0.15, 0.2) is 0 Å². The molecule has 0 atom stereocenters. The Balaban J connectivity index is 2.59. The van der Waals surface area contributed by atoms with Crippen LogP contribution in [0.1, 0.15) is 19.4 Å². The van der Waals surface area contributed by atoms with E-state index in [0.29, 0.717) is 5.69 Å². The third-order valence-corrected chi connectivity index (χ3v) is 3.05. The zero-order valence-electron chi connectivity index (χ0n) is 12.0. The van der Waals surface area contributed by atoms with Crippen molar-refractivity contribution in [3.63, 3.8) is 0 Å². The highest BCUT2D eigenvalue weighted by molar-refractivity contribution is 5.91. The molecule has 0 heterocycles. The highest BCUT2D eigenvalue weighted by Crippen LogP contribution is 2.24. The Morgan fingerprint density at radius 2 is 1.67 bits per heavy atom. The van der Waals surface area contributed by atoms with Gasteiger partial charge in [0, 0.05) is 5.69 Å². The maximum atomic E-state index is 12.2. The predicted octanol–water partition coefficient (Wildman–Crippen LogP) is -0.137. The Morgan fingerprint density at radius 1 is 1.10 bits per heavy atom. The summed E-state index contributed by atoms with van der Waals surface area (Å²) in [6.45, 7) is 2.70. The maximum Gasteiger partial charge on any atom is 0.322 e. The molecule has 2 amide bonds. The summed E-state index contributed by atoms with van der Waals surface area (Å²) < 4.78 is 0. The quantitative estimate of drug-likeness (QED) is 0.544. The molecular formula is C14H19N3O4. The third kappa shape index (κ3) is 4.79. The van der Waals surface area contributed by atoms with Crippen LogP contribution < -0.4 is 16.4 Å². The number of nitrogen functional groups attached to an aromatic ring is 1. The number of rotatable bonds is 6. The van der Waals surface area contributed by atoms with Gasteiger partial charge in [0.05, 0.1) is 12.0 Å². The van der Waals surface area contributed by atoms with Crippen LogP contribution in [0, 0.1) is 0 Å². The predicted molar refractivity (Wildman–Crippen MR) is 77.5 cm³/mol. The van der Waals surface area contributed by atoms with Crippen LogP contribution in [0.3, 0.4) is 0 Å². The van der Waals surface area contributed by atoms with Gasteiger partial charge in [-0.05, 0) is 31.5 Å². The fraction of sp³-hybridized carbons (Fsp3) is 0.357. The molecule has 5 N–H and O–H groups in total. The molecule has 7 nitrogen and oxygen atoms in total. The Labute approximate surface area is 122 Å². The number of carboxylic acid groups (broad SMARTS) is 1. The van der Waals surface area contributed by atoms with Crippen molar-refractivity contribution < 1.29 is 19.5 Å². The van der Waals surface area contributed by atoms with Crippen LogP contribution in [0.5, 0.6) is 0 Å². The van der Waals surface area contributed by atoms with Crippen molar-refractivity contribution >= 4 is 23.5 Å². The van der Waals surface area contributed by atoms with Crippen LogP contribution in [0.15, 0.2) is 24.3 Å². The van der Waals surface area contributed by atoms with Crippen molar-refractivity contribution in [1.29, 1.82) is 0 Å². The molecule has 7 heteroatoms. The zero-order valence-corrected chi connectivity index (χ0v) is 12.0. The number of carbonyl (C=O) groups is 3. The van der Waals surface area contributed by atoms with Gasteiger partial charge in [-0.3, -0.25) is 14.4 Å². The number of amides is 2. The van der Waals surface area contributed by atoms with Gasteiger partial charge in [-0.2, -0.15) is 0 Å². The first-order valence-corrected chi connectivity index (χ1v) is 6.36. The van der Waals surface area contributed by atoms with E-state index in [1.54, 1.807) is 38.1 Å². The summed E-state index contributed by atoms with van der Waals surface area (Å²) in [7, 11) is 0. The van der Waals surface area contributed by atoms with Crippen LogP contribution in [0.25, 0.3) is 0 Å². The Kier molecular flexibility index (Phi) is 5.29. The summed E-state index contributed by atoms with van der Waals surface area (Å²) in [6, 6.07) is 6.90. The molecule has 0 radical (unpaired) electrons. The van der Waals surface area contributed by atoms with E-state index in [4.69, 9.17) is 10.8 Å². The Morgan fingerprint density at radius 3 is 2.19 bits per heavy atom. The van der Waals surface area contributed by atoms with Crippen molar-refractivity contribution in [2.24, 2.45) is 0 Å². The van der Waals surface area contributed by atoms with Crippen LogP contribution >= 0.6 is 0 Å². The molecule has 0 aromatic heterocycles. The summed E-state index contributed by atoms with van der Waals surface area (Å²) in [4.78, 5) is 33.8. The first kappa shape index (κ1) is 16.5. The average molecular weight is 293 g/mol. The lowest BCUT2D eigenvalue weighted by atomic mass is 9.83. The second-order valence-corrected chi connectivity index (χ2v) is 5.10. The minimum absolute atomic E-state index is 0.273. The van der Waals surface area contributed by atoms with Gasteiger partial charge >= 0.3 is 5.97 Å². The van der Waals surface area contributed by atoms with E-state index in [-0.39, 0.29) is 12.5 Å². The average Bonchev–Trinajstić information content (AvgIpc) is 2.42. The minimum Gasteiger partial charge on any atom is -0.480 e. The number of nitrogens with one attached hydrogen (secondary N) is 2. The second-order valence-electron chi connectivity index (χ2n) is 5.10. The molecule has 1 rings (SSSR count). The molecule has 0 unspecified atom stereocenters. The summed E-state index contributed by atoms with van der Waals surface area (Å²) in [5.74, 6) is -2.03. The molecule has 21 heavy (non-hydrogen) atoms. The topological polar surface area (TPSA) is 122 Å². The zero-order chi connectivity index (χ0) is 16.0. The molecule has 0 saturated carbocycles. The van der Waals surface area contributed by atoms with E-state index < -0.39 is 23.8 Å². The SMILES string of the molecule is CC(C)(C(=O)NCC(=O)NCC(=O)O)c1ccc(N)cc1. The van der Waals surface area contributed by atoms with E-state index in [9.17, 15) is 14.4 Å². The summed E-state index contributed by atoms with van der Waals surface area (Å²) in [5.41, 5.74) is 6.13. The molecule has 0 saturated heterocycles. The minimum atomic E-state index is -1.14. The first-order valence-electron chi connectivity index (χ1n) is 6.36. The number of benzene rings is 1. The Hall–Kier alpha value is -2.57. The fourth-order valence-electron chi connectivity index (χ4n) is 1.65. The van der Waals surface area contributed by atoms with Crippen LogP contribution in [0.4, 0.5) is 5.69 Å². The van der Waals surface area contributed by atoms with Crippen molar-refractivity contribution in [2.45, 2.75) is 19.3 Å². The molecule has 0 fully saturated rings.